The molecule has 2 aliphatic heterocycles. The normalized spacial score (nSPS) is 19.1. The monoisotopic (exact) mass is 475 g/mol. The van der Waals surface area contributed by atoms with E-state index in [9.17, 15) is 24.3 Å². The summed E-state index contributed by atoms with van der Waals surface area (Å²) in [6.45, 7) is 0.122. The number of imide groups is 1. The molecule has 2 saturated heterocycles. The molecule has 0 radical (unpaired) electrons. The van der Waals surface area contributed by atoms with Crippen LogP contribution in [0.5, 0.6) is 0 Å². The molecule has 1 N–H and O–H groups in total. The number of urea groups is 1. The molecule has 4 rings (SSSR count). The van der Waals surface area contributed by atoms with Crippen LogP contribution < -0.4 is 9.80 Å². The minimum absolute atomic E-state index is 0.0351. The third-order valence-corrected chi connectivity index (χ3v) is 6.45. The lowest BCUT2D eigenvalue weighted by Gasteiger charge is -2.37. The van der Waals surface area contributed by atoms with Crippen molar-refractivity contribution in [2.75, 3.05) is 22.9 Å². The van der Waals surface area contributed by atoms with E-state index >= 15 is 0 Å². The maximum Gasteiger partial charge on any atom is 0.331 e. The average Bonchev–Trinajstić information content (AvgIpc) is 3.20. The van der Waals surface area contributed by atoms with Gasteiger partial charge in [-0.15, -0.1) is 0 Å². The Hall–Kier alpha value is -3.10. The molecule has 2 heterocycles. The highest BCUT2D eigenvalue weighted by Gasteiger charge is 2.43. The molecule has 4 amide bonds. The van der Waals surface area contributed by atoms with Crippen LogP contribution in [0.3, 0.4) is 0 Å². The second-order valence-electron chi connectivity index (χ2n) is 7.59. The quantitative estimate of drug-likeness (QED) is 0.663. The Labute approximate surface area is 193 Å². The first-order valence-corrected chi connectivity index (χ1v) is 10.7. The molecular weight excluding hydrogens is 457 g/mol. The van der Waals surface area contributed by atoms with Gasteiger partial charge in [0.05, 0.1) is 16.6 Å². The summed E-state index contributed by atoms with van der Waals surface area (Å²) >= 11 is 12.2. The average molecular weight is 476 g/mol. The second-order valence-corrected chi connectivity index (χ2v) is 8.37. The fourth-order valence-electron chi connectivity index (χ4n) is 3.89. The summed E-state index contributed by atoms with van der Waals surface area (Å²) in [6.07, 6.45) is 1.28. The van der Waals surface area contributed by atoms with Crippen LogP contribution in [0.25, 0.3) is 0 Å². The molecule has 166 valence electrons. The van der Waals surface area contributed by atoms with Gasteiger partial charge in [-0.25, -0.2) is 4.79 Å². The molecule has 8 nitrogen and oxygen atoms in total. The van der Waals surface area contributed by atoms with E-state index in [1.165, 1.54) is 4.90 Å². The lowest BCUT2D eigenvalue weighted by atomic mass is 10.0. The highest BCUT2D eigenvalue weighted by Crippen LogP contribution is 2.31. The van der Waals surface area contributed by atoms with Crippen LogP contribution in [0, 0.1) is 5.92 Å². The van der Waals surface area contributed by atoms with Gasteiger partial charge in [0.2, 0.25) is 11.8 Å². The van der Waals surface area contributed by atoms with Crippen molar-refractivity contribution in [1.29, 1.82) is 0 Å². The Morgan fingerprint density at radius 1 is 1.00 bits per heavy atom. The number of rotatable bonds is 5. The first-order chi connectivity index (χ1) is 15.3. The standard InChI is InChI=1S/C22H19Cl2N3O5/c23-17-4-1-3-13(19(17)24)11-27-20(29)16(21(30)31)12-26(22(27)32)15-8-6-14(7-9-15)25-10-2-5-18(25)28/h1,3-4,6-9,16H,2,5,10-12H2,(H,30,31). The first kappa shape index (κ1) is 22.1. The third kappa shape index (κ3) is 4.03. The number of carbonyl (C=O) groups excluding carboxylic acids is 3. The van der Waals surface area contributed by atoms with E-state index < -0.39 is 23.8 Å². The maximum atomic E-state index is 13.2. The molecule has 0 aromatic heterocycles. The van der Waals surface area contributed by atoms with Crippen molar-refractivity contribution in [3.8, 4) is 0 Å². The summed E-state index contributed by atoms with van der Waals surface area (Å²) in [6, 6.07) is 10.8. The minimum Gasteiger partial charge on any atom is -0.481 e. The van der Waals surface area contributed by atoms with E-state index in [0.717, 1.165) is 11.3 Å². The number of amides is 4. The molecule has 0 spiro atoms. The lowest BCUT2D eigenvalue weighted by Crippen LogP contribution is -2.58. The predicted octanol–water partition coefficient (Wildman–Crippen LogP) is 3.79. The molecule has 32 heavy (non-hydrogen) atoms. The van der Waals surface area contributed by atoms with Gasteiger partial charge in [-0.05, 0) is 42.3 Å². The van der Waals surface area contributed by atoms with Crippen molar-refractivity contribution in [2.45, 2.75) is 19.4 Å². The number of nitrogens with zero attached hydrogens (tertiary/aromatic N) is 3. The van der Waals surface area contributed by atoms with Crippen molar-refractivity contribution in [2.24, 2.45) is 5.92 Å². The van der Waals surface area contributed by atoms with E-state index in [2.05, 4.69) is 0 Å². The van der Waals surface area contributed by atoms with Crippen LogP contribution in [0.2, 0.25) is 10.0 Å². The van der Waals surface area contributed by atoms with Crippen molar-refractivity contribution < 1.29 is 24.3 Å². The van der Waals surface area contributed by atoms with Crippen molar-refractivity contribution in [3.05, 3.63) is 58.1 Å². The molecule has 2 aliphatic rings. The Balaban J connectivity index is 1.64. The van der Waals surface area contributed by atoms with E-state index in [-0.39, 0.29) is 29.0 Å². The van der Waals surface area contributed by atoms with Gasteiger partial charge >= 0.3 is 12.0 Å². The Kier molecular flexibility index (Phi) is 6.08. The number of halogens is 2. The Morgan fingerprint density at radius 3 is 2.25 bits per heavy atom. The highest BCUT2D eigenvalue weighted by atomic mass is 35.5. The van der Waals surface area contributed by atoms with Crippen LogP contribution in [-0.2, 0) is 20.9 Å². The van der Waals surface area contributed by atoms with Crippen LogP contribution >= 0.6 is 23.2 Å². The van der Waals surface area contributed by atoms with Crippen molar-refractivity contribution in [3.63, 3.8) is 0 Å². The second kappa shape index (κ2) is 8.80. The molecule has 2 fully saturated rings. The smallest absolute Gasteiger partial charge is 0.331 e. The van der Waals surface area contributed by atoms with Gasteiger partial charge in [-0.3, -0.25) is 24.2 Å². The van der Waals surface area contributed by atoms with Crippen LogP contribution in [0.15, 0.2) is 42.5 Å². The number of anilines is 2. The number of carboxylic acids is 1. The van der Waals surface area contributed by atoms with Gasteiger partial charge in [0.15, 0.2) is 5.92 Å². The van der Waals surface area contributed by atoms with E-state index in [1.54, 1.807) is 47.4 Å². The number of hydrogen-bond acceptors (Lipinski definition) is 4. The van der Waals surface area contributed by atoms with Crippen LogP contribution in [0.1, 0.15) is 18.4 Å². The molecule has 0 bridgehead atoms. The number of benzene rings is 2. The summed E-state index contributed by atoms with van der Waals surface area (Å²) in [4.78, 5) is 53.5. The predicted molar refractivity (Wildman–Crippen MR) is 119 cm³/mol. The molecular formula is C22H19Cl2N3O5. The van der Waals surface area contributed by atoms with E-state index in [4.69, 9.17) is 23.2 Å². The lowest BCUT2D eigenvalue weighted by molar-refractivity contribution is -0.150. The number of carbonyl (C=O) groups is 4. The fraction of sp³-hybridized carbons (Fsp3) is 0.273. The largest absolute Gasteiger partial charge is 0.481 e. The molecule has 2 aromatic rings. The Bertz CT molecular complexity index is 1110. The molecule has 1 unspecified atom stereocenters. The summed E-state index contributed by atoms with van der Waals surface area (Å²) in [7, 11) is 0. The van der Waals surface area contributed by atoms with Gasteiger partial charge in [0, 0.05) is 30.9 Å². The third-order valence-electron chi connectivity index (χ3n) is 5.60. The molecule has 0 aliphatic carbocycles. The molecule has 10 heteroatoms. The number of carboxylic acid groups (broad SMARTS) is 1. The van der Waals surface area contributed by atoms with Gasteiger partial charge in [0.1, 0.15) is 0 Å². The summed E-state index contributed by atoms with van der Waals surface area (Å²) < 4.78 is 0. The fourth-order valence-corrected chi connectivity index (χ4v) is 4.27. The molecule has 1 atom stereocenters. The highest BCUT2D eigenvalue weighted by molar-refractivity contribution is 6.42. The summed E-state index contributed by atoms with van der Waals surface area (Å²) in [5.74, 6) is -3.53. The van der Waals surface area contributed by atoms with Crippen molar-refractivity contribution in [1.82, 2.24) is 4.90 Å². The van der Waals surface area contributed by atoms with Crippen LogP contribution in [0.4, 0.5) is 16.2 Å². The molecule has 2 aromatic carbocycles. The zero-order valence-corrected chi connectivity index (χ0v) is 18.3. The number of aliphatic carboxylic acids is 1. The molecule has 0 saturated carbocycles. The summed E-state index contributed by atoms with van der Waals surface area (Å²) in [5.41, 5.74) is 1.55. The van der Waals surface area contributed by atoms with Crippen molar-refractivity contribution >= 4 is 58.4 Å². The first-order valence-electron chi connectivity index (χ1n) is 9.97. The zero-order chi connectivity index (χ0) is 23.0. The van der Waals surface area contributed by atoms with Crippen LogP contribution in [-0.4, -0.2) is 46.9 Å². The van der Waals surface area contributed by atoms with Gasteiger partial charge in [-0.2, -0.15) is 0 Å². The minimum atomic E-state index is -1.43. The number of hydrogen-bond donors (Lipinski definition) is 1. The van der Waals surface area contributed by atoms with E-state index in [0.29, 0.717) is 29.9 Å². The zero-order valence-electron chi connectivity index (χ0n) is 16.8. The topological polar surface area (TPSA) is 98.2 Å². The van der Waals surface area contributed by atoms with Gasteiger partial charge in [0.25, 0.3) is 0 Å². The maximum absolute atomic E-state index is 13.2. The summed E-state index contributed by atoms with van der Waals surface area (Å²) in [5, 5.41) is 10.0. The van der Waals surface area contributed by atoms with Gasteiger partial charge < -0.3 is 10.0 Å². The SMILES string of the molecule is O=C(O)C1CN(c2ccc(N3CCCC3=O)cc2)C(=O)N(Cc2cccc(Cl)c2Cl)C1=O. The Morgan fingerprint density at radius 2 is 1.66 bits per heavy atom. The van der Waals surface area contributed by atoms with E-state index in [1.807, 2.05) is 0 Å². The van der Waals surface area contributed by atoms with Gasteiger partial charge in [-0.1, -0.05) is 35.3 Å².